The molecule has 3 rings (SSSR count). The number of methoxy groups -OCH3 is 1. The topological polar surface area (TPSA) is 87.7 Å². The molecular formula is C26H25BrN2O4. The molecule has 0 saturated heterocycles. The number of nitrogens with one attached hydrogen (secondary N) is 2. The van der Waals surface area contributed by atoms with E-state index in [4.69, 9.17) is 4.74 Å². The lowest BCUT2D eigenvalue weighted by Gasteiger charge is -2.19. The minimum atomic E-state index is -0.533. The van der Waals surface area contributed by atoms with Crippen molar-refractivity contribution in [2.45, 2.75) is 12.5 Å². The van der Waals surface area contributed by atoms with Gasteiger partial charge in [0.2, 0.25) is 0 Å². The molecule has 3 aromatic carbocycles. The first-order chi connectivity index (χ1) is 16.0. The number of aliphatic hydroxyl groups excluding tert-OH is 1. The molecule has 0 spiro atoms. The van der Waals surface area contributed by atoms with Crippen LogP contribution in [-0.2, 0) is 11.2 Å². The van der Waals surface area contributed by atoms with E-state index in [0.29, 0.717) is 27.8 Å². The van der Waals surface area contributed by atoms with Crippen molar-refractivity contribution in [3.05, 3.63) is 107 Å². The van der Waals surface area contributed by atoms with Crippen LogP contribution >= 0.6 is 15.9 Å². The van der Waals surface area contributed by atoms with Gasteiger partial charge in [-0.3, -0.25) is 9.59 Å². The third-order valence-corrected chi connectivity index (χ3v) is 5.80. The highest BCUT2D eigenvalue weighted by atomic mass is 79.9. The number of ether oxygens (including phenoxy) is 1. The van der Waals surface area contributed by atoms with Crippen LogP contribution in [0, 0.1) is 0 Å². The summed E-state index contributed by atoms with van der Waals surface area (Å²) in [6.07, 6.45) is 0.444. The zero-order valence-electron chi connectivity index (χ0n) is 18.1. The Labute approximate surface area is 201 Å². The molecule has 0 bridgehead atoms. The average molecular weight is 509 g/mol. The van der Waals surface area contributed by atoms with Gasteiger partial charge in [0.25, 0.3) is 11.8 Å². The van der Waals surface area contributed by atoms with Crippen molar-refractivity contribution in [3.63, 3.8) is 0 Å². The number of para-hydroxylation sites is 1. The second-order valence-electron chi connectivity index (χ2n) is 7.25. The summed E-state index contributed by atoms with van der Waals surface area (Å²) in [5.74, 6) is -0.624. The summed E-state index contributed by atoms with van der Waals surface area (Å²) in [5, 5.41) is 15.4. The Morgan fingerprint density at radius 1 is 0.939 bits per heavy atom. The molecule has 0 heterocycles. The summed E-state index contributed by atoms with van der Waals surface area (Å²) in [4.78, 5) is 26.3. The Morgan fingerprint density at radius 3 is 2.18 bits per heavy atom. The van der Waals surface area contributed by atoms with E-state index in [1.165, 1.54) is 7.11 Å². The van der Waals surface area contributed by atoms with E-state index in [1.54, 1.807) is 24.3 Å². The first-order valence-electron chi connectivity index (χ1n) is 10.4. The molecule has 0 aliphatic carbocycles. The van der Waals surface area contributed by atoms with Crippen molar-refractivity contribution in [1.29, 1.82) is 0 Å². The Hall–Kier alpha value is -3.42. The van der Waals surface area contributed by atoms with Gasteiger partial charge in [-0.1, -0.05) is 72.8 Å². The molecule has 0 aliphatic rings. The number of carbonyl (C=O) groups excluding carboxylic acids is 2. The highest BCUT2D eigenvalue weighted by molar-refractivity contribution is 9.15. The molecular weight excluding hydrogens is 484 g/mol. The number of carbonyl (C=O) groups is 2. The SMILES string of the molecule is COc1ccccc1C(=O)N/C(C(=O)N[C@H](CO)Cc1ccccc1)=C(\Br)c1ccccc1. The largest absolute Gasteiger partial charge is 0.496 e. The third kappa shape index (κ3) is 6.54. The fraction of sp³-hybridized carbons (Fsp3) is 0.154. The van der Waals surface area contributed by atoms with Crippen LogP contribution in [0.25, 0.3) is 4.48 Å². The van der Waals surface area contributed by atoms with Crippen molar-refractivity contribution in [1.82, 2.24) is 10.6 Å². The van der Waals surface area contributed by atoms with Crippen LogP contribution < -0.4 is 15.4 Å². The van der Waals surface area contributed by atoms with Crippen molar-refractivity contribution >= 4 is 32.2 Å². The molecule has 2 amide bonds. The quantitative estimate of drug-likeness (QED) is 0.382. The van der Waals surface area contributed by atoms with Gasteiger partial charge in [-0.15, -0.1) is 0 Å². The molecule has 0 unspecified atom stereocenters. The molecule has 0 fully saturated rings. The Kier molecular flexibility index (Phi) is 8.80. The lowest BCUT2D eigenvalue weighted by molar-refractivity contribution is -0.118. The Balaban J connectivity index is 1.90. The Bertz CT molecular complexity index is 1120. The van der Waals surface area contributed by atoms with Crippen molar-refractivity contribution in [2.24, 2.45) is 0 Å². The lowest BCUT2D eigenvalue weighted by atomic mass is 10.1. The van der Waals surface area contributed by atoms with Gasteiger partial charge in [-0.05, 0) is 45.6 Å². The minimum Gasteiger partial charge on any atom is -0.496 e. The monoisotopic (exact) mass is 508 g/mol. The molecule has 6 nitrogen and oxygen atoms in total. The number of hydrogen-bond donors (Lipinski definition) is 3. The maximum atomic E-state index is 13.3. The molecule has 0 aromatic heterocycles. The predicted molar refractivity (Wildman–Crippen MR) is 132 cm³/mol. The van der Waals surface area contributed by atoms with E-state index in [1.807, 2.05) is 60.7 Å². The fourth-order valence-corrected chi connectivity index (χ4v) is 3.81. The summed E-state index contributed by atoms with van der Waals surface area (Å²) in [6, 6.07) is 25.0. The van der Waals surface area contributed by atoms with Gasteiger partial charge in [0.15, 0.2) is 0 Å². The second kappa shape index (κ2) is 12.0. The molecule has 33 heavy (non-hydrogen) atoms. The molecule has 0 aliphatic heterocycles. The van der Waals surface area contributed by atoms with E-state index in [9.17, 15) is 14.7 Å². The zero-order valence-corrected chi connectivity index (χ0v) is 19.7. The first-order valence-corrected chi connectivity index (χ1v) is 11.2. The van der Waals surface area contributed by atoms with Crippen LogP contribution in [0.5, 0.6) is 5.75 Å². The van der Waals surface area contributed by atoms with Crippen LogP contribution in [0.3, 0.4) is 0 Å². The smallest absolute Gasteiger partial charge is 0.269 e. The van der Waals surface area contributed by atoms with Crippen molar-refractivity contribution in [2.75, 3.05) is 13.7 Å². The summed E-state index contributed by atoms with van der Waals surface area (Å²) >= 11 is 3.48. The molecule has 0 radical (unpaired) electrons. The molecule has 1 atom stereocenters. The van der Waals surface area contributed by atoms with E-state index in [0.717, 1.165) is 5.56 Å². The number of aliphatic hydroxyl groups is 1. The first kappa shape index (κ1) is 24.2. The summed E-state index contributed by atoms with van der Waals surface area (Å²) in [7, 11) is 1.48. The van der Waals surface area contributed by atoms with Crippen LogP contribution in [0.4, 0.5) is 0 Å². The molecule has 170 valence electrons. The summed E-state index contributed by atoms with van der Waals surface area (Å²) < 4.78 is 5.70. The van der Waals surface area contributed by atoms with Gasteiger partial charge in [0.05, 0.1) is 29.8 Å². The number of amides is 2. The summed E-state index contributed by atoms with van der Waals surface area (Å²) in [6.45, 7) is -0.253. The van der Waals surface area contributed by atoms with E-state index in [2.05, 4.69) is 26.6 Å². The summed E-state index contributed by atoms with van der Waals surface area (Å²) in [5.41, 5.74) is 2.01. The fourth-order valence-electron chi connectivity index (χ4n) is 3.27. The minimum absolute atomic E-state index is 0.0311. The maximum absolute atomic E-state index is 13.3. The van der Waals surface area contributed by atoms with Crippen LogP contribution in [0.2, 0.25) is 0 Å². The van der Waals surface area contributed by atoms with E-state index < -0.39 is 17.9 Å². The Morgan fingerprint density at radius 2 is 1.55 bits per heavy atom. The molecule has 0 saturated carbocycles. The van der Waals surface area contributed by atoms with Gasteiger partial charge < -0.3 is 20.5 Å². The van der Waals surface area contributed by atoms with Gasteiger partial charge in [0, 0.05) is 0 Å². The number of benzene rings is 3. The van der Waals surface area contributed by atoms with Gasteiger partial charge in [-0.25, -0.2) is 0 Å². The van der Waals surface area contributed by atoms with E-state index in [-0.39, 0.29) is 12.3 Å². The van der Waals surface area contributed by atoms with Crippen LogP contribution in [-0.4, -0.2) is 36.7 Å². The standard InChI is InChI=1S/C26H25BrN2O4/c1-33-22-15-9-8-14-21(22)25(31)29-24(23(27)19-12-6-3-7-13-19)26(32)28-20(17-30)16-18-10-4-2-5-11-18/h2-15,20,30H,16-17H2,1H3,(H,28,32)(H,29,31)/b24-23-/t20-/m0/s1. The number of halogens is 1. The van der Waals surface area contributed by atoms with Crippen molar-refractivity contribution in [3.8, 4) is 5.75 Å². The van der Waals surface area contributed by atoms with Crippen LogP contribution in [0.15, 0.2) is 90.6 Å². The third-order valence-electron chi connectivity index (χ3n) is 4.94. The lowest BCUT2D eigenvalue weighted by Crippen LogP contribution is -2.43. The molecule has 3 aromatic rings. The van der Waals surface area contributed by atoms with Crippen LogP contribution in [0.1, 0.15) is 21.5 Å². The average Bonchev–Trinajstić information content (AvgIpc) is 2.87. The zero-order chi connectivity index (χ0) is 23.6. The number of hydrogen-bond acceptors (Lipinski definition) is 4. The second-order valence-corrected chi connectivity index (χ2v) is 8.05. The number of rotatable bonds is 9. The van der Waals surface area contributed by atoms with Gasteiger partial charge in [0.1, 0.15) is 11.4 Å². The predicted octanol–water partition coefficient (Wildman–Crippen LogP) is 3.91. The highest BCUT2D eigenvalue weighted by Gasteiger charge is 2.23. The van der Waals surface area contributed by atoms with E-state index >= 15 is 0 Å². The maximum Gasteiger partial charge on any atom is 0.269 e. The molecule has 3 N–H and O–H groups in total. The highest BCUT2D eigenvalue weighted by Crippen LogP contribution is 2.25. The normalized spacial score (nSPS) is 12.3. The van der Waals surface area contributed by atoms with Crippen molar-refractivity contribution < 1.29 is 19.4 Å². The van der Waals surface area contributed by atoms with Gasteiger partial charge in [-0.2, -0.15) is 0 Å². The molecule has 7 heteroatoms. The van der Waals surface area contributed by atoms with Gasteiger partial charge >= 0.3 is 0 Å².